The Hall–Kier alpha value is 0.137. The fourth-order valence-electron chi connectivity index (χ4n) is 2.56. The number of imidazole rings is 1. The molecule has 25 heavy (non-hydrogen) atoms. The molecule has 0 aromatic carbocycles. The maximum atomic E-state index is 9.45. The van der Waals surface area contributed by atoms with Crippen molar-refractivity contribution in [2.45, 2.75) is 71.0 Å². The standard InChI is InChI=1S/C17H35N2O3SSi.BrH/c1-3-4-5-6-7-8-10-18-11-12-19(17-18)13-15-23-14-9-16-24(20,21)22-2;/h11-12,17,20-21H,3-10,13-16H2,1-2H3;1H/q+1;/p-1. The molecule has 0 spiro atoms. The van der Waals surface area contributed by atoms with Crippen molar-refractivity contribution >= 4 is 20.6 Å². The van der Waals surface area contributed by atoms with Gasteiger partial charge < -0.3 is 31.0 Å². The summed E-state index contributed by atoms with van der Waals surface area (Å²) in [5.41, 5.74) is 0. The minimum absolute atomic E-state index is 0. The summed E-state index contributed by atoms with van der Waals surface area (Å²) in [6, 6.07) is 0.387. The van der Waals surface area contributed by atoms with Crippen LogP contribution < -0.4 is 21.5 Å². The molecule has 5 nitrogen and oxygen atoms in total. The van der Waals surface area contributed by atoms with E-state index in [2.05, 4.69) is 34.8 Å². The molecule has 0 fully saturated rings. The van der Waals surface area contributed by atoms with Gasteiger partial charge in [0.1, 0.15) is 12.4 Å². The molecule has 8 heteroatoms. The monoisotopic (exact) mass is 454 g/mol. The molecular formula is C17H35BrN2O3SSi. The maximum Gasteiger partial charge on any atom is 0.495 e. The molecule has 1 heterocycles. The van der Waals surface area contributed by atoms with Gasteiger partial charge in [0.25, 0.3) is 0 Å². The van der Waals surface area contributed by atoms with E-state index >= 15 is 0 Å². The Morgan fingerprint density at radius 2 is 1.80 bits per heavy atom. The van der Waals surface area contributed by atoms with Crippen LogP contribution in [0.4, 0.5) is 0 Å². The Labute approximate surface area is 168 Å². The van der Waals surface area contributed by atoms with Gasteiger partial charge in [0, 0.05) is 18.9 Å². The van der Waals surface area contributed by atoms with Crippen molar-refractivity contribution in [1.29, 1.82) is 0 Å². The third kappa shape index (κ3) is 13.0. The molecule has 2 N–H and O–H groups in total. The first-order chi connectivity index (χ1) is 11.6. The molecule has 0 saturated carbocycles. The highest BCUT2D eigenvalue weighted by atomic mass is 79.9. The summed E-state index contributed by atoms with van der Waals surface area (Å²) in [6.07, 6.45) is 15.3. The van der Waals surface area contributed by atoms with E-state index in [1.54, 1.807) is 0 Å². The lowest BCUT2D eigenvalue weighted by Crippen LogP contribution is -3.00. The molecule has 0 saturated heterocycles. The van der Waals surface area contributed by atoms with Crippen LogP contribution in [0.1, 0.15) is 51.9 Å². The Balaban J connectivity index is 0.00000576. The molecule has 148 valence electrons. The first-order valence-electron chi connectivity index (χ1n) is 9.20. The van der Waals surface area contributed by atoms with Crippen LogP contribution in [0.3, 0.4) is 0 Å². The molecule has 0 bridgehead atoms. The normalized spacial score (nSPS) is 11.5. The topological polar surface area (TPSA) is 58.5 Å². The molecule has 0 aliphatic carbocycles. The van der Waals surface area contributed by atoms with Crippen molar-refractivity contribution < 1.29 is 35.6 Å². The molecule has 0 aliphatic rings. The van der Waals surface area contributed by atoms with Crippen LogP contribution in [-0.2, 0) is 17.5 Å². The van der Waals surface area contributed by atoms with Crippen LogP contribution in [0.15, 0.2) is 18.7 Å². The van der Waals surface area contributed by atoms with E-state index < -0.39 is 8.80 Å². The van der Waals surface area contributed by atoms with E-state index in [0.717, 1.165) is 31.0 Å². The Morgan fingerprint density at radius 3 is 2.52 bits per heavy atom. The summed E-state index contributed by atoms with van der Waals surface area (Å²) in [7, 11) is -1.98. The summed E-state index contributed by atoms with van der Waals surface area (Å²) < 4.78 is 9.22. The zero-order valence-electron chi connectivity index (χ0n) is 15.7. The van der Waals surface area contributed by atoms with Crippen LogP contribution in [0.2, 0.25) is 6.04 Å². The zero-order valence-corrected chi connectivity index (χ0v) is 19.1. The molecule has 1 aromatic heterocycles. The maximum absolute atomic E-state index is 9.45. The molecule has 0 radical (unpaired) electrons. The minimum Gasteiger partial charge on any atom is -1.00 e. The highest BCUT2D eigenvalue weighted by Crippen LogP contribution is 2.11. The number of nitrogens with zero attached hydrogens (tertiary/aromatic N) is 2. The van der Waals surface area contributed by atoms with Crippen molar-refractivity contribution in [3.63, 3.8) is 0 Å². The van der Waals surface area contributed by atoms with E-state index in [1.807, 2.05) is 11.8 Å². The second-order valence-electron chi connectivity index (χ2n) is 6.32. The van der Waals surface area contributed by atoms with E-state index in [0.29, 0.717) is 6.04 Å². The lowest BCUT2D eigenvalue weighted by atomic mass is 10.1. The van der Waals surface area contributed by atoms with Crippen LogP contribution in [-0.4, -0.2) is 41.6 Å². The summed E-state index contributed by atoms with van der Waals surface area (Å²) in [5.74, 6) is 1.99. The van der Waals surface area contributed by atoms with Gasteiger partial charge in [0.2, 0.25) is 6.33 Å². The number of aromatic nitrogens is 2. The first-order valence-corrected chi connectivity index (χ1v) is 12.4. The van der Waals surface area contributed by atoms with Gasteiger partial charge >= 0.3 is 8.80 Å². The number of aryl methyl sites for hydroxylation is 2. The Kier molecular flexibility index (Phi) is 15.3. The summed E-state index contributed by atoms with van der Waals surface area (Å²) in [5, 5.41) is 0. The zero-order chi connectivity index (χ0) is 17.7. The van der Waals surface area contributed by atoms with Gasteiger partial charge in [-0.05, 0) is 25.0 Å². The van der Waals surface area contributed by atoms with E-state index in [9.17, 15) is 9.59 Å². The number of hydrogen-bond acceptors (Lipinski definition) is 4. The average Bonchev–Trinajstić information content (AvgIpc) is 3.02. The molecule has 0 aliphatic heterocycles. The fourth-order valence-corrected chi connectivity index (χ4v) is 4.55. The van der Waals surface area contributed by atoms with Gasteiger partial charge in [-0.3, -0.25) is 0 Å². The van der Waals surface area contributed by atoms with Gasteiger partial charge in [-0.1, -0.05) is 32.6 Å². The van der Waals surface area contributed by atoms with Crippen molar-refractivity contribution in [3.05, 3.63) is 18.7 Å². The van der Waals surface area contributed by atoms with Gasteiger partial charge in [-0.15, -0.1) is 0 Å². The largest absolute Gasteiger partial charge is 1.00 e. The number of thioether (sulfide) groups is 1. The van der Waals surface area contributed by atoms with Crippen molar-refractivity contribution in [2.75, 3.05) is 18.6 Å². The highest BCUT2D eigenvalue weighted by molar-refractivity contribution is 7.99. The third-order valence-electron chi connectivity index (χ3n) is 4.13. The van der Waals surface area contributed by atoms with Gasteiger partial charge in [-0.2, -0.15) is 11.8 Å². The summed E-state index contributed by atoms with van der Waals surface area (Å²) in [4.78, 5) is 18.9. The smallest absolute Gasteiger partial charge is 0.495 e. The van der Waals surface area contributed by atoms with Crippen LogP contribution >= 0.6 is 11.8 Å². The van der Waals surface area contributed by atoms with E-state index in [1.165, 1.54) is 45.6 Å². The second-order valence-corrected chi connectivity index (χ2v) is 9.94. The van der Waals surface area contributed by atoms with Crippen molar-refractivity contribution in [2.24, 2.45) is 0 Å². The minimum atomic E-state index is -3.34. The van der Waals surface area contributed by atoms with Crippen LogP contribution in [0.5, 0.6) is 0 Å². The van der Waals surface area contributed by atoms with Crippen molar-refractivity contribution in [3.8, 4) is 0 Å². The average molecular weight is 456 g/mol. The van der Waals surface area contributed by atoms with Crippen molar-refractivity contribution in [1.82, 2.24) is 4.57 Å². The molecular weight excluding hydrogens is 420 g/mol. The predicted molar refractivity (Wildman–Crippen MR) is 102 cm³/mol. The number of halogens is 1. The Bertz CT molecular complexity index is 436. The third-order valence-corrected chi connectivity index (χ3v) is 6.84. The fraction of sp³-hybridized carbons (Fsp3) is 0.824. The SMILES string of the molecule is CCCCCCCC[n+]1ccn(CCSCCC[Si](O)(O)OC)c1.[Br-]. The molecule has 0 amide bonds. The highest BCUT2D eigenvalue weighted by Gasteiger charge is 2.29. The predicted octanol–water partition coefficient (Wildman–Crippen LogP) is -0.167. The molecule has 1 aromatic rings. The first kappa shape index (κ1) is 25.1. The quantitative estimate of drug-likeness (QED) is 0.219. The van der Waals surface area contributed by atoms with E-state index in [-0.39, 0.29) is 17.0 Å². The number of unbranched alkanes of at least 4 members (excludes halogenated alkanes) is 5. The number of rotatable bonds is 15. The second kappa shape index (κ2) is 15.2. The van der Waals surface area contributed by atoms with Gasteiger partial charge in [-0.25, -0.2) is 9.13 Å². The number of hydrogen-bond donors (Lipinski definition) is 2. The lowest BCUT2D eigenvalue weighted by Gasteiger charge is -2.13. The molecule has 0 atom stereocenters. The van der Waals surface area contributed by atoms with Gasteiger partial charge in [0.05, 0.1) is 13.1 Å². The lowest BCUT2D eigenvalue weighted by molar-refractivity contribution is -0.696. The van der Waals surface area contributed by atoms with Gasteiger partial charge in [0.15, 0.2) is 0 Å². The Morgan fingerprint density at radius 1 is 1.08 bits per heavy atom. The molecule has 1 rings (SSSR count). The summed E-state index contributed by atoms with van der Waals surface area (Å²) >= 11 is 1.85. The van der Waals surface area contributed by atoms with E-state index in [4.69, 9.17) is 4.43 Å². The van der Waals surface area contributed by atoms with Crippen LogP contribution in [0.25, 0.3) is 0 Å². The van der Waals surface area contributed by atoms with Crippen LogP contribution in [0, 0.1) is 0 Å². The molecule has 0 unspecified atom stereocenters. The summed E-state index contributed by atoms with van der Waals surface area (Å²) in [6.45, 7) is 4.37.